The highest BCUT2D eigenvalue weighted by atomic mass is 35.5. The molecule has 1 heterocycles. The zero-order chi connectivity index (χ0) is 20.4. The average molecular weight is 434 g/mol. The molecule has 2 aromatic carbocycles. The summed E-state index contributed by atoms with van der Waals surface area (Å²) in [5.41, 5.74) is 4.53. The van der Waals surface area contributed by atoms with Gasteiger partial charge in [-0.25, -0.2) is 4.79 Å². The van der Waals surface area contributed by atoms with Crippen LogP contribution in [0.15, 0.2) is 41.8 Å². The highest BCUT2D eigenvalue weighted by Crippen LogP contribution is 2.37. The molecule has 144 valence electrons. The predicted molar refractivity (Wildman–Crippen MR) is 115 cm³/mol. The zero-order valence-corrected chi connectivity index (χ0v) is 17.8. The van der Waals surface area contributed by atoms with Gasteiger partial charge in [0.05, 0.1) is 17.2 Å². The van der Waals surface area contributed by atoms with Crippen molar-refractivity contribution in [3.05, 3.63) is 74.1 Å². The van der Waals surface area contributed by atoms with Crippen molar-refractivity contribution in [2.24, 2.45) is 0 Å². The van der Waals surface area contributed by atoms with Crippen molar-refractivity contribution < 1.29 is 14.3 Å². The fourth-order valence-electron chi connectivity index (χ4n) is 2.69. The van der Waals surface area contributed by atoms with E-state index in [1.807, 2.05) is 37.4 Å². The summed E-state index contributed by atoms with van der Waals surface area (Å²) >= 11 is 13.2. The highest BCUT2D eigenvalue weighted by Gasteiger charge is 2.23. The van der Waals surface area contributed by atoms with E-state index in [0.29, 0.717) is 26.7 Å². The minimum Gasteiger partial charge on any atom is -0.465 e. The molecule has 0 bridgehead atoms. The normalized spacial score (nSPS) is 10.6. The number of carbonyl (C=O) groups is 2. The van der Waals surface area contributed by atoms with Crippen LogP contribution < -0.4 is 5.32 Å². The predicted octanol–water partition coefficient (Wildman–Crippen LogP) is 6.38. The summed E-state index contributed by atoms with van der Waals surface area (Å²) in [5.74, 6) is -0.906. The lowest BCUT2D eigenvalue weighted by Gasteiger charge is -2.09. The maximum Gasteiger partial charge on any atom is 0.341 e. The molecule has 0 unspecified atom stereocenters. The molecule has 4 nitrogen and oxygen atoms in total. The van der Waals surface area contributed by atoms with Crippen LogP contribution in [-0.4, -0.2) is 19.0 Å². The van der Waals surface area contributed by atoms with Crippen LogP contribution in [-0.2, 0) is 4.74 Å². The first-order valence-electron chi connectivity index (χ1n) is 8.35. The van der Waals surface area contributed by atoms with E-state index >= 15 is 0 Å². The van der Waals surface area contributed by atoms with Gasteiger partial charge in [0.25, 0.3) is 5.91 Å². The number of esters is 1. The molecule has 28 heavy (non-hydrogen) atoms. The summed E-state index contributed by atoms with van der Waals surface area (Å²) in [6, 6.07) is 10.6. The number of aryl methyl sites for hydroxylation is 2. The second kappa shape index (κ2) is 8.35. The molecule has 0 aliphatic carbocycles. The molecule has 0 spiro atoms. The molecular formula is C21H17Cl2NO3S. The Morgan fingerprint density at radius 3 is 2.39 bits per heavy atom. The molecule has 0 saturated carbocycles. The molecule has 0 radical (unpaired) electrons. The highest BCUT2D eigenvalue weighted by molar-refractivity contribution is 7.15. The molecular weight excluding hydrogens is 417 g/mol. The van der Waals surface area contributed by atoms with Gasteiger partial charge in [-0.2, -0.15) is 0 Å². The van der Waals surface area contributed by atoms with Gasteiger partial charge in [0.2, 0.25) is 0 Å². The van der Waals surface area contributed by atoms with Crippen molar-refractivity contribution in [1.29, 1.82) is 0 Å². The number of hydrogen-bond acceptors (Lipinski definition) is 4. The lowest BCUT2D eigenvalue weighted by molar-refractivity contribution is 0.0603. The van der Waals surface area contributed by atoms with Gasteiger partial charge in [0.1, 0.15) is 10.6 Å². The Morgan fingerprint density at radius 2 is 1.75 bits per heavy atom. The zero-order valence-electron chi connectivity index (χ0n) is 15.4. The molecule has 1 amide bonds. The van der Waals surface area contributed by atoms with E-state index in [0.717, 1.165) is 16.7 Å². The third kappa shape index (κ3) is 4.07. The molecule has 0 aliphatic heterocycles. The Bertz CT molecular complexity index is 1080. The molecule has 3 rings (SSSR count). The lowest BCUT2D eigenvalue weighted by atomic mass is 9.99. The minimum atomic E-state index is -0.515. The summed E-state index contributed by atoms with van der Waals surface area (Å²) in [6.07, 6.45) is 0. The molecule has 0 aliphatic rings. The van der Waals surface area contributed by atoms with E-state index in [1.165, 1.54) is 24.5 Å². The van der Waals surface area contributed by atoms with Crippen molar-refractivity contribution in [2.45, 2.75) is 13.8 Å². The van der Waals surface area contributed by atoms with E-state index in [2.05, 4.69) is 5.32 Å². The minimum absolute atomic E-state index is 0.282. The first kappa shape index (κ1) is 20.4. The Hall–Kier alpha value is -2.34. The van der Waals surface area contributed by atoms with E-state index in [1.54, 1.807) is 12.1 Å². The number of carbonyl (C=O) groups excluding carboxylic acids is 2. The Morgan fingerprint density at radius 1 is 1.00 bits per heavy atom. The summed E-state index contributed by atoms with van der Waals surface area (Å²) < 4.78 is 4.95. The number of nitrogens with one attached hydrogen (secondary N) is 1. The Labute approximate surface area is 177 Å². The number of anilines is 1. The number of ether oxygens (including phenoxy) is 1. The van der Waals surface area contributed by atoms with Crippen LogP contribution in [0.1, 0.15) is 31.8 Å². The molecule has 3 aromatic rings. The summed E-state index contributed by atoms with van der Waals surface area (Å²) in [6.45, 7) is 4.03. The third-order valence-corrected chi connectivity index (χ3v) is 6.04. The lowest BCUT2D eigenvalue weighted by Crippen LogP contribution is -2.14. The van der Waals surface area contributed by atoms with Gasteiger partial charge in [-0.05, 0) is 48.7 Å². The Balaban J connectivity index is 2.00. The van der Waals surface area contributed by atoms with E-state index in [9.17, 15) is 9.59 Å². The third-order valence-electron chi connectivity index (χ3n) is 4.41. The van der Waals surface area contributed by atoms with Gasteiger partial charge in [-0.15, -0.1) is 11.3 Å². The smallest absolute Gasteiger partial charge is 0.341 e. The van der Waals surface area contributed by atoms with Crippen molar-refractivity contribution >= 4 is 51.4 Å². The summed E-state index contributed by atoms with van der Waals surface area (Å²) in [5, 5.41) is 5.67. The number of halogens is 2. The number of rotatable bonds is 4. The molecule has 1 aromatic heterocycles. The van der Waals surface area contributed by atoms with Crippen LogP contribution in [0.25, 0.3) is 11.1 Å². The summed E-state index contributed by atoms with van der Waals surface area (Å²) in [4.78, 5) is 25.1. The molecule has 7 heteroatoms. The second-order valence-corrected chi connectivity index (χ2v) is 7.92. The second-order valence-electron chi connectivity index (χ2n) is 6.23. The van der Waals surface area contributed by atoms with Crippen LogP contribution in [0.4, 0.5) is 5.00 Å². The quantitative estimate of drug-likeness (QED) is 0.485. The fraction of sp³-hybridized carbons (Fsp3) is 0.143. The topological polar surface area (TPSA) is 55.4 Å². The summed E-state index contributed by atoms with van der Waals surface area (Å²) in [7, 11) is 1.31. The van der Waals surface area contributed by atoms with Gasteiger partial charge in [-0.1, -0.05) is 41.4 Å². The number of benzene rings is 2. The van der Waals surface area contributed by atoms with Crippen LogP contribution in [0.5, 0.6) is 0 Å². The van der Waals surface area contributed by atoms with E-state index < -0.39 is 11.9 Å². The maximum absolute atomic E-state index is 12.6. The SMILES string of the molecule is COC(=O)c1c(-c2ccc(C)c(C)c2)csc1NC(=O)c1ccc(Cl)c(Cl)c1. The molecule has 1 N–H and O–H groups in total. The van der Waals surface area contributed by atoms with Crippen molar-refractivity contribution in [3.8, 4) is 11.1 Å². The average Bonchev–Trinajstić information content (AvgIpc) is 3.09. The Kier molecular flexibility index (Phi) is 6.08. The molecule has 0 saturated heterocycles. The van der Waals surface area contributed by atoms with Crippen LogP contribution >= 0.6 is 34.5 Å². The van der Waals surface area contributed by atoms with Crippen molar-refractivity contribution in [2.75, 3.05) is 12.4 Å². The van der Waals surface area contributed by atoms with Crippen molar-refractivity contribution in [1.82, 2.24) is 0 Å². The number of hydrogen-bond donors (Lipinski definition) is 1. The van der Waals surface area contributed by atoms with E-state index in [4.69, 9.17) is 27.9 Å². The van der Waals surface area contributed by atoms with Gasteiger partial charge in [0.15, 0.2) is 0 Å². The number of thiophene rings is 1. The van der Waals surface area contributed by atoms with Crippen LogP contribution in [0.3, 0.4) is 0 Å². The first-order chi connectivity index (χ1) is 13.3. The maximum atomic E-state index is 12.6. The fourth-order valence-corrected chi connectivity index (χ4v) is 3.94. The van der Waals surface area contributed by atoms with Gasteiger partial charge >= 0.3 is 5.97 Å². The van der Waals surface area contributed by atoms with Gasteiger partial charge in [-0.3, -0.25) is 4.79 Å². The van der Waals surface area contributed by atoms with Gasteiger partial charge < -0.3 is 10.1 Å². The monoisotopic (exact) mass is 433 g/mol. The van der Waals surface area contributed by atoms with Crippen LogP contribution in [0.2, 0.25) is 10.0 Å². The number of methoxy groups -OCH3 is 1. The molecule has 0 fully saturated rings. The standard InChI is InChI=1S/C21H17Cl2NO3S/c1-11-4-5-13(8-12(11)2)15-10-28-20(18(15)21(26)27-3)24-19(25)14-6-7-16(22)17(23)9-14/h4-10H,1-3H3,(H,24,25). The van der Waals surface area contributed by atoms with E-state index in [-0.39, 0.29) is 5.02 Å². The van der Waals surface area contributed by atoms with Crippen molar-refractivity contribution in [3.63, 3.8) is 0 Å². The van der Waals surface area contributed by atoms with Crippen LogP contribution in [0, 0.1) is 13.8 Å². The van der Waals surface area contributed by atoms with Gasteiger partial charge in [0, 0.05) is 16.5 Å². The molecule has 0 atom stereocenters. The first-order valence-corrected chi connectivity index (χ1v) is 9.99. The number of amides is 1. The largest absolute Gasteiger partial charge is 0.465 e.